The van der Waals surface area contributed by atoms with Gasteiger partial charge in [-0.3, -0.25) is 9.89 Å². The van der Waals surface area contributed by atoms with Gasteiger partial charge < -0.3 is 11.1 Å². The van der Waals surface area contributed by atoms with E-state index in [4.69, 9.17) is 12.2 Å². The van der Waals surface area contributed by atoms with Crippen molar-refractivity contribution < 1.29 is 4.79 Å². The zero-order chi connectivity index (χ0) is 10.6. The van der Waals surface area contributed by atoms with E-state index in [0.717, 1.165) is 0 Å². The molecule has 1 amide bonds. The van der Waals surface area contributed by atoms with Crippen molar-refractivity contribution in [3.05, 3.63) is 5.82 Å². The van der Waals surface area contributed by atoms with E-state index < -0.39 is 5.91 Å². The van der Waals surface area contributed by atoms with Crippen molar-refractivity contribution in [3.63, 3.8) is 0 Å². The first kappa shape index (κ1) is 10.1. The van der Waals surface area contributed by atoms with Crippen molar-refractivity contribution in [1.29, 1.82) is 0 Å². The number of carbonyl (C=O) groups excluding carboxylic acids is 1. The summed E-state index contributed by atoms with van der Waals surface area (Å²) in [7, 11) is 0. The Bertz CT molecular complexity index is 364. The van der Waals surface area contributed by atoms with Gasteiger partial charge in [-0.2, -0.15) is 4.98 Å². The first-order valence-corrected chi connectivity index (χ1v) is 4.12. The third-order valence-corrected chi connectivity index (χ3v) is 1.63. The standard InChI is InChI=1S/C8H11N5O/c1-3-5(4-2)10-7(14)6-11-8(9)13-12-6/h1,5H,4H2,2H3,(H,10,14)(H3,9,11,12,13). The minimum atomic E-state index is -0.404. The lowest BCUT2D eigenvalue weighted by Gasteiger charge is -2.07. The Morgan fingerprint density at radius 3 is 3.00 bits per heavy atom. The summed E-state index contributed by atoms with van der Waals surface area (Å²) in [5.74, 6) is 2.13. The molecule has 0 saturated heterocycles. The van der Waals surface area contributed by atoms with Gasteiger partial charge in [0.2, 0.25) is 11.8 Å². The van der Waals surface area contributed by atoms with Gasteiger partial charge in [0.25, 0.3) is 5.91 Å². The molecular weight excluding hydrogens is 182 g/mol. The van der Waals surface area contributed by atoms with E-state index in [0.29, 0.717) is 6.42 Å². The van der Waals surface area contributed by atoms with Gasteiger partial charge in [-0.15, -0.1) is 11.5 Å². The summed E-state index contributed by atoms with van der Waals surface area (Å²) < 4.78 is 0. The summed E-state index contributed by atoms with van der Waals surface area (Å²) >= 11 is 0. The van der Waals surface area contributed by atoms with Crippen LogP contribution in [0.5, 0.6) is 0 Å². The Labute approximate surface area is 81.3 Å². The van der Waals surface area contributed by atoms with Crippen LogP contribution < -0.4 is 11.1 Å². The third kappa shape index (κ3) is 2.23. The highest BCUT2D eigenvalue weighted by Gasteiger charge is 2.13. The Hall–Kier alpha value is -2.03. The second-order valence-corrected chi connectivity index (χ2v) is 2.64. The summed E-state index contributed by atoms with van der Waals surface area (Å²) in [5, 5.41) is 8.50. The Morgan fingerprint density at radius 1 is 1.86 bits per heavy atom. The molecule has 14 heavy (non-hydrogen) atoms. The largest absolute Gasteiger partial charge is 0.366 e. The van der Waals surface area contributed by atoms with Gasteiger partial charge in [0, 0.05) is 0 Å². The van der Waals surface area contributed by atoms with E-state index in [9.17, 15) is 4.79 Å². The summed E-state index contributed by atoms with van der Waals surface area (Å²) in [5.41, 5.74) is 5.24. The number of nitrogens with two attached hydrogens (primary N) is 1. The highest BCUT2D eigenvalue weighted by molar-refractivity contribution is 5.91. The molecule has 0 saturated carbocycles. The van der Waals surface area contributed by atoms with Crippen LogP contribution in [0.4, 0.5) is 5.95 Å². The van der Waals surface area contributed by atoms with Gasteiger partial charge in [-0.05, 0) is 6.42 Å². The van der Waals surface area contributed by atoms with Crippen LogP contribution in [0.1, 0.15) is 24.0 Å². The van der Waals surface area contributed by atoms with Crippen LogP contribution >= 0.6 is 0 Å². The monoisotopic (exact) mass is 193 g/mol. The van der Waals surface area contributed by atoms with E-state index in [1.54, 1.807) is 0 Å². The van der Waals surface area contributed by atoms with Crippen LogP contribution in [0.25, 0.3) is 0 Å². The minimum Gasteiger partial charge on any atom is -0.366 e. The molecule has 1 unspecified atom stereocenters. The van der Waals surface area contributed by atoms with Crippen LogP contribution in [0, 0.1) is 12.3 Å². The van der Waals surface area contributed by atoms with Crippen molar-refractivity contribution in [2.75, 3.05) is 5.73 Å². The number of anilines is 1. The molecule has 4 N–H and O–H groups in total. The predicted octanol–water partition coefficient (Wildman–Crippen LogP) is -0.472. The zero-order valence-corrected chi connectivity index (χ0v) is 7.74. The molecule has 0 spiro atoms. The number of hydrogen-bond acceptors (Lipinski definition) is 4. The van der Waals surface area contributed by atoms with Crippen molar-refractivity contribution in [3.8, 4) is 12.3 Å². The molecule has 1 heterocycles. The van der Waals surface area contributed by atoms with E-state index in [1.807, 2.05) is 6.92 Å². The molecule has 1 aromatic heterocycles. The number of nitrogens with one attached hydrogen (secondary N) is 2. The van der Waals surface area contributed by atoms with Gasteiger partial charge in [0.15, 0.2) is 0 Å². The summed E-state index contributed by atoms with van der Waals surface area (Å²) in [6, 6.07) is -0.297. The molecule has 74 valence electrons. The number of aromatic nitrogens is 3. The first-order chi connectivity index (χ1) is 6.67. The van der Waals surface area contributed by atoms with E-state index in [-0.39, 0.29) is 17.8 Å². The molecule has 0 radical (unpaired) electrons. The topological polar surface area (TPSA) is 96.7 Å². The van der Waals surface area contributed by atoms with E-state index in [2.05, 4.69) is 26.4 Å². The number of aromatic amines is 1. The average Bonchev–Trinajstić information content (AvgIpc) is 2.61. The van der Waals surface area contributed by atoms with Crippen molar-refractivity contribution in [2.45, 2.75) is 19.4 Å². The molecule has 0 fully saturated rings. The maximum Gasteiger partial charge on any atom is 0.289 e. The highest BCUT2D eigenvalue weighted by Crippen LogP contribution is 1.95. The number of nitrogen functional groups attached to an aromatic ring is 1. The SMILES string of the molecule is C#CC(CC)NC(=O)c1nc(N)n[nH]1. The molecule has 1 aromatic rings. The van der Waals surface area contributed by atoms with Gasteiger partial charge in [-0.1, -0.05) is 12.8 Å². The maximum atomic E-state index is 11.4. The van der Waals surface area contributed by atoms with E-state index >= 15 is 0 Å². The number of carbonyl (C=O) groups is 1. The van der Waals surface area contributed by atoms with Gasteiger partial charge in [0.1, 0.15) is 0 Å². The van der Waals surface area contributed by atoms with Crippen molar-refractivity contribution in [1.82, 2.24) is 20.5 Å². The third-order valence-electron chi connectivity index (χ3n) is 1.63. The number of terminal acetylenes is 1. The van der Waals surface area contributed by atoms with Crippen LogP contribution in [0.2, 0.25) is 0 Å². The molecule has 0 aliphatic carbocycles. The lowest BCUT2D eigenvalue weighted by atomic mass is 10.2. The molecular formula is C8H11N5O. The van der Waals surface area contributed by atoms with Crippen LogP contribution in [-0.4, -0.2) is 27.1 Å². The average molecular weight is 193 g/mol. The summed E-state index contributed by atoms with van der Waals surface area (Å²) in [6.07, 6.45) is 5.84. The fourth-order valence-electron chi connectivity index (χ4n) is 0.865. The smallest absolute Gasteiger partial charge is 0.289 e. The van der Waals surface area contributed by atoms with Gasteiger partial charge in [0.05, 0.1) is 6.04 Å². The Morgan fingerprint density at radius 2 is 2.57 bits per heavy atom. The number of nitrogens with zero attached hydrogens (tertiary/aromatic N) is 2. The lowest BCUT2D eigenvalue weighted by molar-refractivity contribution is 0.0935. The van der Waals surface area contributed by atoms with Crippen LogP contribution in [0.15, 0.2) is 0 Å². The molecule has 0 aliphatic heterocycles. The van der Waals surface area contributed by atoms with Crippen molar-refractivity contribution >= 4 is 11.9 Å². The highest BCUT2D eigenvalue weighted by atomic mass is 16.2. The molecule has 0 bridgehead atoms. The molecule has 6 heteroatoms. The Kier molecular flexibility index (Phi) is 3.07. The van der Waals surface area contributed by atoms with Crippen LogP contribution in [-0.2, 0) is 0 Å². The summed E-state index contributed by atoms with van der Waals surface area (Å²) in [4.78, 5) is 15.1. The number of amides is 1. The van der Waals surface area contributed by atoms with Crippen molar-refractivity contribution in [2.24, 2.45) is 0 Å². The molecule has 6 nitrogen and oxygen atoms in total. The summed E-state index contributed by atoms with van der Waals surface area (Å²) in [6.45, 7) is 1.87. The zero-order valence-electron chi connectivity index (χ0n) is 7.74. The second kappa shape index (κ2) is 4.28. The molecule has 0 aliphatic rings. The Balaban J connectivity index is 2.64. The minimum absolute atomic E-state index is 0.0314. The number of H-pyrrole nitrogens is 1. The molecule has 1 rings (SSSR count). The maximum absolute atomic E-state index is 11.4. The second-order valence-electron chi connectivity index (χ2n) is 2.64. The molecule has 0 aromatic carbocycles. The van der Waals surface area contributed by atoms with Gasteiger partial charge >= 0.3 is 0 Å². The number of hydrogen-bond donors (Lipinski definition) is 3. The quantitative estimate of drug-likeness (QED) is 0.565. The fourth-order valence-corrected chi connectivity index (χ4v) is 0.865. The number of rotatable bonds is 3. The lowest BCUT2D eigenvalue weighted by Crippen LogP contribution is -2.33. The van der Waals surface area contributed by atoms with Gasteiger partial charge in [-0.25, -0.2) is 0 Å². The van der Waals surface area contributed by atoms with E-state index in [1.165, 1.54) is 0 Å². The molecule has 1 atom stereocenters. The predicted molar refractivity (Wildman–Crippen MR) is 51.2 cm³/mol. The first-order valence-electron chi connectivity index (χ1n) is 4.12. The fraction of sp³-hybridized carbons (Fsp3) is 0.375. The van der Waals surface area contributed by atoms with Crippen LogP contribution in [0.3, 0.4) is 0 Å². The normalized spacial score (nSPS) is 11.7.